The van der Waals surface area contributed by atoms with E-state index in [1.165, 1.54) is 0 Å². The van der Waals surface area contributed by atoms with Crippen LogP contribution in [0.4, 0.5) is 5.69 Å². The van der Waals surface area contributed by atoms with E-state index < -0.39 is 0 Å². The van der Waals surface area contributed by atoms with E-state index in [0.717, 1.165) is 27.9 Å². The Hall–Kier alpha value is -2.91. The molecular formula is C25H28N2O. The minimum Gasteiger partial charge on any atom is -0.324 e. The van der Waals surface area contributed by atoms with Crippen molar-refractivity contribution >= 4 is 11.6 Å². The molecule has 0 radical (unpaired) electrons. The minimum atomic E-state index is -0.0342. The molecule has 28 heavy (non-hydrogen) atoms. The van der Waals surface area contributed by atoms with Crippen LogP contribution in [0.3, 0.4) is 0 Å². The molecule has 3 aromatic rings. The highest BCUT2D eigenvalue weighted by atomic mass is 16.1. The first-order valence-corrected chi connectivity index (χ1v) is 9.79. The molecular weight excluding hydrogens is 344 g/mol. The molecule has 3 nitrogen and oxygen atoms in total. The molecule has 2 N–H and O–H groups in total. The average Bonchev–Trinajstić information content (AvgIpc) is 2.71. The number of para-hydroxylation sites is 1. The van der Waals surface area contributed by atoms with Crippen LogP contribution in [-0.4, -0.2) is 12.5 Å². The Morgan fingerprint density at radius 3 is 1.93 bits per heavy atom. The molecule has 1 amide bonds. The standard InChI is InChI=1S/C25H28N2O/c1-18(2)22-16-10-11-19(3)24(22)27-23(28)17-26-25(20-12-6-4-7-13-20)21-14-8-5-9-15-21/h4-16,18,25-26H,17H2,1-3H3,(H,27,28). The number of benzene rings is 3. The predicted molar refractivity (Wildman–Crippen MR) is 117 cm³/mol. The summed E-state index contributed by atoms with van der Waals surface area (Å²) in [5.74, 6) is 0.317. The van der Waals surface area contributed by atoms with Gasteiger partial charge in [0.15, 0.2) is 0 Å². The Morgan fingerprint density at radius 2 is 1.39 bits per heavy atom. The van der Waals surface area contributed by atoms with Gasteiger partial charge in [-0.1, -0.05) is 92.7 Å². The molecule has 0 spiro atoms. The Balaban J connectivity index is 1.75. The van der Waals surface area contributed by atoms with Gasteiger partial charge in [-0.25, -0.2) is 0 Å². The van der Waals surface area contributed by atoms with Gasteiger partial charge >= 0.3 is 0 Å². The molecule has 0 fully saturated rings. The zero-order valence-corrected chi connectivity index (χ0v) is 16.8. The second kappa shape index (κ2) is 9.34. The lowest BCUT2D eigenvalue weighted by molar-refractivity contribution is -0.115. The van der Waals surface area contributed by atoms with E-state index in [4.69, 9.17) is 0 Å². The first kappa shape index (κ1) is 19.8. The number of aryl methyl sites for hydroxylation is 1. The Bertz CT molecular complexity index is 865. The Kier molecular flexibility index (Phi) is 6.62. The van der Waals surface area contributed by atoms with Gasteiger partial charge in [-0.2, -0.15) is 0 Å². The van der Waals surface area contributed by atoms with Crippen molar-refractivity contribution in [2.75, 3.05) is 11.9 Å². The van der Waals surface area contributed by atoms with Crippen LogP contribution in [0.5, 0.6) is 0 Å². The van der Waals surface area contributed by atoms with E-state index in [1.54, 1.807) is 0 Å². The number of rotatable bonds is 7. The molecule has 0 saturated carbocycles. The third-order valence-corrected chi connectivity index (χ3v) is 4.92. The van der Waals surface area contributed by atoms with Crippen LogP contribution in [0.25, 0.3) is 0 Å². The molecule has 144 valence electrons. The van der Waals surface area contributed by atoms with Gasteiger partial charge in [0.1, 0.15) is 0 Å². The summed E-state index contributed by atoms with van der Waals surface area (Å²) in [5.41, 5.74) is 5.46. The summed E-state index contributed by atoms with van der Waals surface area (Å²) in [6.07, 6.45) is 0. The maximum absolute atomic E-state index is 12.7. The molecule has 3 heteroatoms. The van der Waals surface area contributed by atoms with E-state index in [9.17, 15) is 4.79 Å². The Morgan fingerprint density at radius 1 is 0.821 bits per heavy atom. The molecule has 0 aliphatic rings. The second-order valence-corrected chi connectivity index (χ2v) is 7.38. The second-order valence-electron chi connectivity index (χ2n) is 7.38. The zero-order chi connectivity index (χ0) is 19.9. The van der Waals surface area contributed by atoms with Gasteiger partial charge in [0.25, 0.3) is 0 Å². The van der Waals surface area contributed by atoms with Crippen LogP contribution < -0.4 is 10.6 Å². The summed E-state index contributed by atoms with van der Waals surface area (Å²) in [5, 5.41) is 6.55. The van der Waals surface area contributed by atoms with Crippen molar-refractivity contribution in [1.29, 1.82) is 0 Å². The first-order chi connectivity index (χ1) is 13.6. The summed E-state index contributed by atoms with van der Waals surface area (Å²) >= 11 is 0. The van der Waals surface area contributed by atoms with Crippen molar-refractivity contribution in [2.45, 2.75) is 32.7 Å². The SMILES string of the molecule is Cc1cccc(C(C)C)c1NC(=O)CNC(c1ccccc1)c1ccccc1. The van der Waals surface area contributed by atoms with Gasteiger partial charge in [-0.3, -0.25) is 10.1 Å². The average molecular weight is 373 g/mol. The number of anilines is 1. The van der Waals surface area contributed by atoms with Crippen LogP contribution in [0, 0.1) is 6.92 Å². The molecule has 0 aliphatic heterocycles. The smallest absolute Gasteiger partial charge is 0.238 e. The highest BCUT2D eigenvalue weighted by Crippen LogP contribution is 2.27. The van der Waals surface area contributed by atoms with Crippen LogP contribution >= 0.6 is 0 Å². The van der Waals surface area contributed by atoms with Crippen LogP contribution in [0.1, 0.15) is 48.1 Å². The van der Waals surface area contributed by atoms with E-state index in [0.29, 0.717) is 5.92 Å². The van der Waals surface area contributed by atoms with E-state index in [1.807, 2.05) is 55.5 Å². The lowest BCUT2D eigenvalue weighted by Crippen LogP contribution is -2.32. The Labute approximate surface area is 167 Å². The van der Waals surface area contributed by atoms with Gasteiger partial charge in [0, 0.05) is 5.69 Å². The van der Waals surface area contributed by atoms with Gasteiger partial charge in [-0.05, 0) is 35.1 Å². The number of hydrogen-bond acceptors (Lipinski definition) is 2. The molecule has 0 atom stereocenters. The lowest BCUT2D eigenvalue weighted by Gasteiger charge is -2.21. The van der Waals surface area contributed by atoms with Crippen molar-refractivity contribution in [3.63, 3.8) is 0 Å². The normalized spacial score (nSPS) is 11.0. The number of hydrogen-bond donors (Lipinski definition) is 2. The zero-order valence-electron chi connectivity index (χ0n) is 16.8. The maximum atomic E-state index is 12.7. The summed E-state index contributed by atoms with van der Waals surface area (Å²) in [6, 6.07) is 26.6. The summed E-state index contributed by atoms with van der Waals surface area (Å²) in [7, 11) is 0. The third kappa shape index (κ3) is 4.87. The largest absolute Gasteiger partial charge is 0.324 e. The molecule has 0 saturated heterocycles. The molecule has 3 aromatic carbocycles. The third-order valence-electron chi connectivity index (χ3n) is 4.92. The highest BCUT2D eigenvalue weighted by molar-refractivity contribution is 5.94. The minimum absolute atomic E-state index is 0.0328. The van der Waals surface area contributed by atoms with E-state index >= 15 is 0 Å². The quantitative estimate of drug-likeness (QED) is 0.580. The van der Waals surface area contributed by atoms with Crippen LogP contribution in [0.15, 0.2) is 78.9 Å². The summed E-state index contributed by atoms with van der Waals surface area (Å²) in [4.78, 5) is 12.7. The topological polar surface area (TPSA) is 41.1 Å². The van der Waals surface area contributed by atoms with Crippen molar-refractivity contribution in [1.82, 2.24) is 5.32 Å². The van der Waals surface area contributed by atoms with E-state index in [2.05, 4.69) is 54.8 Å². The molecule has 0 aliphatic carbocycles. The fourth-order valence-corrected chi connectivity index (χ4v) is 3.44. The summed E-state index contributed by atoms with van der Waals surface area (Å²) < 4.78 is 0. The fraction of sp³-hybridized carbons (Fsp3) is 0.240. The van der Waals surface area contributed by atoms with Gasteiger partial charge in [0.2, 0.25) is 5.91 Å². The number of carbonyl (C=O) groups is 1. The van der Waals surface area contributed by atoms with Crippen LogP contribution in [0.2, 0.25) is 0 Å². The molecule has 0 aromatic heterocycles. The maximum Gasteiger partial charge on any atom is 0.238 e. The van der Waals surface area contributed by atoms with Crippen molar-refractivity contribution in [2.24, 2.45) is 0 Å². The number of amides is 1. The molecule has 0 unspecified atom stereocenters. The van der Waals surface area contributed by atoms with Gasteiger partial charge in [0.05, 0.1) is 12.6 Å². The number of nitrogens with one attached hydrogen (secondary N) is 2. The number of carbonyl (C=O) groups excluding carboxylic acids is 1. The summed E-state index contributed by atoms with van der Waals surface area (Å²) in [6.45, 7) is 6.55. The lowest BCUT2D eigenvalue weighted by atomic mass is 9.98. The first-order valence-electron chi connectivity index (χ1n) is 9.79. The van der Waals surface area contributed by atoms with E-state index in [-0.39, 0.29) is 18.5 Å². The molecule has 3 rings (SSSR count). The monoisotopic (exact) mass is 372 g/mol. The van der Waals surface area contributed by atoms with Gasteiger partial charge in [-0.15, -0.1) is 0 Å². The fourth-order valence-electron chi connectivity index (χ4n) is 3.44. The predicted octanol–water partition coefficient (Wildman–Crippen LogP) is 5.44. The molecule has 0 heterocycles. The van der Waals surface area contributed by atoms with Crippen molar-refractivity contribution in [3.05, 3.63) is 101 Å². The highest BCUT2D eigenvalue weighted by Gasteiger charge is 2.16. The van der Waals surface area contributed by atoms with Gasteiger partial charge < -0.3 is 5.32 Å². The molecule has 0 bridgehead atoms. The van der Waals surface area contributed by atoms with Crippen molar-refractivity contribution in [3.8, 4) is 0 Å². The van der Waals surface area contributed by atoms with Crippen LogP contribution in [-0.2, 0) is 4.79 Å². The van der Waals surface area contributed by atoms with Crippen molar-refractivity contribution < 1.29 is 4.79 Å².